The summed E-state index contributed by atoms with van der Waals surface area (Å²) in [5.41, 5.74) is 3.70. The van der Waals surface area contributed by atoms with Crippen LogP contribution in [-0.2, 0) is 6.54 Å². The van der Waals surface area contributed by atoms with Crippen LogP contribution in [0.25, 0.3) is 0 Å². The molecule has 0 atom stereocenters. The minimum Gasteiger partial charge on any atom is -0.493 e. The molecule has 4 aromatic rings. The number of benzene rings is 3. The van der Waals surface area contributed by atoms with Crippen molar-refractivity contribution in [1.82, 2.24) is 4.98 Å². The molecule has 0 saturated carbocycles. The van der Waals surface area contributed by atoms with E-state index in [1.165, 1.54) is 16.7 Å². The summed E-state index contributed by atoms with van der Waals surface area (Å²) in [5.74, 6) is 1.95. The van der Waals surface area contributed by atoms with Crippen molar-refractivity contribution in [2.45, 2.75) is 12.5 Å². The highest BCUT2D eigenvalue weighted by molar-refractivity contribution is 5.37. The number of ether oxygens (including phenoxy) is 1. The zero-order valence-electron chi connectivity index (χ0n) is 16.2. The summed E-state index contributed by atoms with van der Waals surface area (Å²) in [4.78, 5) is 4.28. The second-order valence-electron chi connectivity index (χ2n) is 6.90. The first kappa shape index (κ1) is 18.8. The fraction of sp³-hybridized carbons (Fsp3) is 0.115. The monoisotopic (exact) mass is 380 g/mol. The molecule has 0 aliphatic carbocycles. The molecule has 0 aliphatic rings. The van der Waals surface area contributed by atoms with Gasteiger partial charge >= 0.3 is 0 Å². The molecule has 0 aliphatic heterocycles. The molecule has 4 rings (SSSR count). The van der Waals surface area contributed by atoms with E-state index in [0.717, 1.165) is 18.1 Å². The Balaban J connectivity index is 1.40. The second-order valence-corrected chi connectivity index (χ2v) is 6.90. The Morgan fingerprint density at radius 2 is 1.31 bits per heavy atom. The van der Waals surface area contributed by atoms with Gasteiger partial charge in [-0.1, -0.05) is 78.9 Å². The maximum Gasteiger partial charge on any atom is 0.126 e. The molecule has 144 valence electrons. The lowest BCUT2D eigenvalue weighted by atomic mass is 9.92. The molecule has 29 heavy (non-hydrogen) atoms. The normalized spacial score (nSPS) is 10.7. The van der Waals surface area contributed by atoms with Gasteiger partial charge in [0.05, 0.1) is 6.61 Å². The van der Waals surface area contributed by atoms with Gasteiger partial charge in [-0.25, -0.2) is 4.98 Å². The number of hydrogen-bond acceptors (Lipinski definition) is 3. The number of nitrogens with zero attached hydrogens (tertiary/aromatic N) is 1. The van der Waals surface area contributed by atoms with Gasteiger partial charge in [0.1, 0.15) is 11.6 Å². The number of nitrogens with one attached hydrogen (secondary N) is 1. The lowest BCUT2D eigenvalue weighted by Crippen LogP contribution is -2.12. The van der Waals surface area contributed by atoms with Crippen LogP contribution in [0.1, 0.15) is 22.6 Å². The molecule has 0 spiro atoms. The third kappa shape index (κ3) is 5.23. The van der Waals surface area contributed by atoms with Crippen LogP contribution in [0.2, 0.25) is 0 Å². The number of hydrogen-bond donors (Lipinski definition) is 1. The van der Waals surface area contributed by atoms with Crippen molar-refractivity contribution in [2.24, 2.45) is 0 Å². The Morgan fingerprint density at radius 3 is 1.90 bits per heavy atom. The van der Waals surface area contributed by atoms with Crippen molar-refractivity contribution in [3.8, 4) is 5.75 Å². The third-order valence-corrected chi connectivity index (χ3v) is 4.88. The summed E-state index contributed by atoms with van der Waals surface area (Å²) in [7, 11) is 0. The first-order chi connectivity index (χ1) is 14.4. The first-order valence-electron chi connectivity index (χ1n) is 9.85. The van der Waals surface area contributed by atoms with E-state index in [2.05, 4.69) is 71.0 Å². The minimum atomic E-state index is 0.197. The van der Waals surface area contributed by atoms with E-state index in [0.29, 0.717) is 6.61 Å². The minimum absolute atomic E-state index is 0.197. The number of rotatable bonds is 8. The molecule has 1 N–H and O–H groups in total. The first-order valence-corrected chi connectivity index (χ1v) is 9.85. The van der Waals surface area contributed by atoms with Crippen molar-refractivity contribution in [1.29, 1.82) is 0 Å². The summed E-state index contributed by atoms with van der Waals surface area (Å²) in [5, 5.41) is 3.32. The molecule has 1 aromatic heterocycles. The van der Waals surface area contributed by atoms with Crippen LogP contribution < -0.4 is 10.1 Å². The highest BCUT2D eigenvalue weighted by Gasteiger charge is 2.14. The molecule has 0 saturated heterocycles. The summed E-state index contributed by atoms with van der Waals surface area (Å²) in [6.07, 6.45) is 1.79. The molecule has 0 unspecified atom stereocenters. The zero-order valence-corrected chi connectivity index (χ0v) is 16.2. The molecule has 3 aromatic carbocycles. The molecular weight excluding hydrogens is 356 g/mol. The van der Waals surface area contributed by atoms with Gasteiger partial charge in [-0.2, -0.15) is 0 Å². The fourth-order valence-corrected chi connectivity index (χ4v) is 3.30. The van der Waals surface area contributed by atoms with Crippen molar-refractivity contribution >= 4 is 5.82 Å². The standard InChI is InChI=1S/C26H24N2O/c1-3-9-22(10-4-1)25(23-11-5-2-6-12-23)20-29-24-16-14-21(15-17-24)19-28-26-13-7-8-18-27-26/h1-18,25H,19-20H2,(H,27,28). The number of anilines is 1. The third-order valence-electron chi connectivity index (χ3n) is 4.88. The number of pyridine rings is 1. The van der Waals surface area contributed by atoms with Gasteiger partial charge in [0.2, 0.25) is 0 Å². The SMILES string of the molecule is c1ccc(C(COc2ccc(CNc3ccccn3)cc2)c2ccccc2)cc1. The van der Waals surface area contributed by atoms with Gasteiger partial charge in [0.25, 0.3) is 0 Å². The van der Waals surface area contributed by atoms with Gasteiger partial charge in [-0.15, -0.1) is 0 Å². The molecule has 3 heteroatoms. The van der Waals surface area contributed by atoms with Gasteiger partial charge in [-0.3, -0.25) is 0 Å². The van der Waals surface area contributed by atoms with Gasteiger partial charge in [0, 0.05) is 18.7 Å². The van der Waals surface area contributed by atoms with Gasteiger partial charge < -0.3 is 10.1 Å². The van der Waals surface area contributed by atoms with E-state index in [1.54, 1.807) is 6.20 Å². The molecule has 0 bridgehead atoms. The van der Waals surface area contributed by atoms with E-state index in [4.69, 9.17) is 4.74 Å². The lowest BCUT2D eigenvalue weighted by Gasteiger charge is -2.19. The largest absolute Gasteiger partial charge is 0.493 e. The van der Waals surface area contributed by atoms with E-state index in [9.17, 15) is 0 Å². The zero-order chi connectivity index (χ0) is 19.7. The van der Waals surface area contributed by atoms with Crippen molar-refractivity contribution in [3.05, 3.63) is 126 Å². The average Bonchev–Trinajstić information content (AvgIpc) is 2.81. The van der Waals surface area contributed by atoms with Crippen LogP contribution in [-0.4, -0.2) is 11.6 Å². The van der Waals surface area contributed by atoms with Gasteiger partial charge in [0.15, 0.2) is 0 Å². The van der Waals surface area contributed by atoms with E-state index >= 15 is 0 Å². The molecular formula is C26H24N2O. The van der Waals surface area contributed by atoms with E-state index < -0.39 is 0 Å². The predicted molar refractivity (Wildman–Crippen MR) is 118 cm³/mol. The molecule has 1 heterocycles. The smallest absolute Gasteiger partial charge is 0.126 e. The van der Waals surface area contributed by atoms with Crippen molar-refractivity contribution in [3.63, 3.8) is 0 Å². The highest BCUT2D eigenvalue weighted by Crippen LogP contribution is 2.26. The van der Waals surface area contributed by atoms with Crippen LogP contribution in [0.5, 0.6) is 5.75 Å². The molecule has 0 radical (unpaired) electrons. The van der Waals surface area contributed by atoms with E-state index in [1.807, 2.05) is 42.5 Å². The van der Waals surface area contributed by atoms with Crippen LogP contribution in [0.3, 0.4) is 0 Å². The van der Waals surface area contributed by atoms with Crippen LogP contribution in [0.15, 0.2) is 109 Å². The maximum atomic E-state index is 6.16. The lowest BCUT2D eigenvalue weighted by molar-refractivity contribution is 0.303. The van der Waals surface area contributed by atoms with Crippen molar-refractivity contribution in [2.75, 3.05) is 11.9 Å². The fourth-order valence-electron chi connectivity index (χ4n) is 3.30. The average molecular weight is 380 g/mol. The second kappa shape index (κ2) is 9.56. The molecule has 0 fully saturated rings. The van der Waals surface area contributed by atoms with Crippen LogP contribution in [0.4, 0.5) is 5.82 Å². The Labute approximate surface area is 172 Å². The highest BCUT2D eigenvalue weighted by atomic mass is 16.5. The molecule has 0 amide bonds. The maximum absolute atomic E-state index is 6.16. The van der Waals surface area contributed by atoms with Crippen molar-refractivity contribution < 1.29 is 4.74 Å². The Kier molecular flexibility index (Phi) is 6.18. The topological polar surface area (TPSA) is 34.1 Å². The number of aromatic nitrogens is 1. The predicted octanol–water partition coefficient (Wildman–Crippen LogP) is 5.90. The summed E-state index contributed by atoms with van der Waals surface area (Å²) >= 11 is 0. The van der Waals surface area contributed by atoms with Gasteiger partial charge in [-0.05, 0) is 41.0 Å². The van der Waals surface area contributed by atoms with E-state index in [-0.39, 0.29) is 5.92 Å². The quantitative estimate of drug-likeness (QED) is 0.413. The Morgan fingerprint density at radius 1 is 0.690 bits per heavy atom. The van der Waals surface area contributed by atoms with Crippen LogP contribution in [0, 0.1) is 0 Å². The summed E-state index contributed by atoms with van der Waals surface area (Å²) < 4.78 is 6.16. The molecule has 3 nitrogen and oxygen atoms in total. The van der Waals surface area contributed by atoms with Crippen LogP contribution >= 0.6 is 0 Å². The summed E-state index contributed by atoms with van der Waals surface area (Å²) in [6, 6.07) is 35.1. The Hall–Kier alpha value is -3.59. The summed E-state index contributed by atoms with van der Waals surface area (Å²) in [6.45, 7) is 1.33. The Bertz CT molecular complexity index is 948.